The van der Waals surface area contributed by atoms with Crippen LogP contribution in [-0.4, -0.2) is 50.2 Å². The largest absolute Gasteiger partial charge is 0.514 e. The first-order valence-electron chi connectivity index (χ1n) is 9.29. The minimum Gasteiger partial charge on any atom is -0.434 e. The van der Waals surface area contributed by atoms with Crippen LogP contribution in [-0.2, 0) is 23.9 Å². The van der Waals surface area contributed by atoms with E-state index < -0.39 is 12.3 Å². The maximum Gasteiger partial charge on any atom is 0.514 e. The lowest BCUT2D eigenvalue weighted by Crippen LogP contribution is -2.76. The minimum atomic E-state index is -0.847. The van der Waals surface area contributed by atoms with E-state index in [9.17, 15) is 9.59 Å². The summed E-state index contributed by atoms with van der Waals surface area (Å²) in [5, 5.41) is 0. The van der Waals surface area contributed by atoms with Crippen LogP contribution in [0.15, 0.2) is 42.2 Å². The lowest BCUT2D eigenvalue weighted by Gasteiger charge is -2.12. The Bertz CT molecular complexity index is 860. The zero-order valence-corrected chi connectivity index (χ0v) is 17.4. The summed E-state index contributed by atoms with van der Waals surface area (Å²) in [4.78, 5) is 34.3. The summed E-state index contributed by atoms with van der Waals surface area (Å²) in [5.41, 5.74) is 3.10. The van der Waals surface area contributed by atoms with Crippen LogP contribution in [0, 0.1) is 0 Å². The molecule has 1 aliphatic carbocycles. The molecule has 30 heavy (non-hydrogen) atoms. The quantitative estimate of drug-likeness (QED) is 0.224. The Morgan fingerprint density at radius 3 is 2.40 bits per heavy atom. The highest BCUT2D eigenvalue weighted by molar-refractivity contribution is 5.95. The van der Waals surface area contributed by atoms with Crippen molar-refractivity contribution in [2.24, 2.45) is 0 Å². The number of benzene rings is 1. The zero-order chi connectivity index (χ0) is 21.9. The molecule has 162 valence electrons. The van der Waals surface area contributed by atoms with E-state index in [1.165, 1.54) is 24.4 Å². The average Bonchev–Trinajstić information content (AvgIpc) is 2.71. The number of carbonyl (C=O) groups is 2. The molecule has 1 aromatic carbocycles. The summed E-state index contributed by atoms with van der Waals surface area (Å²) < 4.78 is 21.7. The van der Waals surface area contributed by atoms with Gasteiger partial charge in [-0.15, -0.1) is 0 Å². The molecular formula is C20H26N2O8+2. The third kappa shape index (κ3) is 6.06. The molecule has 0 fully saturated rings. The number of allylic oxidation sites excluding steroid dienone is 4. The van der Waals surface area contributed by atoms with Crippen LogP contribution < -0.4 is 10.2 Å². The number of hydrogen-bond donors (Lipinski definition) is 1. The molecule has 0 atom stereocenters. The SMILES string of the molecule is CCOC(=O)OC1=CC=C/C(=[N+](\OC)c2c([NH2+]OC)cccc2OC(=O)OCC)C1. The first-order chi connectivity index (χ1) is 14.5. The van der Waals surface area contributed by atoms with Crippen molar-refractivity contribution in [1.82, 2.24) is 0 Å². The van der Waals surface area contributed by atoms with Gasteiger partial charge in [-0.05, 0) is 26.0 Å². The Morgan fingerprint density at radius 2 is 1.77 bits per heavy atom. The molecule has 0 amide bonds. The van der Waals surface area contributed by atoms with Gasteiger partial charge < -0.3 is 18.9 Å². The van der Waals surface area contributed by atoms with Crippen molar-refractivity contribution in [2.75, 3.05) is 27.4 Å². The molecule has 10 heteroatoms. The van der Waals surface area contributed by atoms with E-state index >= 15 is 0 Å². The third-order valence-electron chi connectivity index (χ3n) is 3.78. The molecule has 0 unspecified atom stereocenters. The lowest BCUT2D eigenvalue weighted by atomic mass is 10.1. The highest BCUT2D eigenvalue weighted by atomic mass is 16.7. The van der Waals surface area contributed by atoms with E-state index in [-0.39, 0.29) is 25.4 Å². The Morgan fingerprint density at radius 1 is 1.07 bits per heavy atom. The van der Waals surface area contributed by atoms with Gasteiger partial charge in [-0.3, -0.25) is 4.84 Å². The summed E-state index contributed by atoms with van der Waals surface area (Å²) in [6, 6.07) is 5.07. The van der Waals surface area contributed by atoms with Crippen molar-refractivity contribution in [2.45, 2.75) is 20.3 Å². The maximum atomic E-state index is 11.9. The smallest absolute Gasteiger partial charge is 0.434 e. The van der Waals surface area contributed by atoms with E-state index in [1.807, 2.05) is 0 Å². The standard InChI is InChI=1S/C20H25N2O8/c1-5-27-19(23)29-15-10-7-9-14(13-15)22(26-4)18-16(21-25-3)11-8-12-17(18)30-20(24)28-6-2/h7-12,21H,5-6,13H2,1-4H3/q+1/p+1/b22-14+. The second kappa shape index (κ2) is 11.6. The second-order valence-corrected chi connectivity index (χ2v) is 5.75. The van der Waals surface area contributed by atoms with Crippen molar-refractivity contribution in [3.05, 3.63) is 42.2 Å². The van der Waals surface area contributed by atoms with E-state index in [4.69, 9.17) is 28.6 Å². The van der Waals surface area contributed by atoms with Gasteiger partial charge in [0.1, 0.15) is 12.9 Å². The molecule has 0 bridgehead atoms. The number of hydrogen-bond acceptors (Lipinski definition) is 8. The number of nitrogens with zero attached hydrogens (tertiary/aromatic N) is 1. The van der Waals surface area contributed by atoms with Gasteiger partial charge in [0.15, 0.2) is 0 Å². The van der Waals surface area contributed by atoms with Crippen LogP contribution in [0.3, 0.4) is 0 Å². The van der Waals surface area contributed by atoms with Gasteiger partial charge in [0.05, 0.1) is 26.7 Å². The van der Waals surface area contributed by atoms with Crippen molar-refractivity contribution >= 4 is 29.4 Å². The Kier molecular flexibility index (Phi) is 8.85. The predicted octanol–water partition coefficient (Wildman–Crippen LogP) is 2.64. The Hall–Kier alpha value is -3.37. The molecule has 1 aliphatic rings. The monoisotopic (exact) mass is 422 g/mol. The zero-order valence-electron chi connectivity index (χ0n) is 17.4. The fourth-order valence-electron chi connectivity index (χ4n) is 2.68. The van der Waals surface area contributed by atoms with E-state index in [0.717, 1.165) is 0 Å². The molecule has 0 saturated heterocycles. The van der Waals surface area contributed by atoms with Gasteiger partial charge in [0, 0.05) is 16.9 Å². The molecule has 0 saturated carbocycles. The second-order valence-electron chi connectivity index (χ2n) is 5.75. The van der Waals surface area contributed by atoms with Crippen LogP contribution in [0.2, 0.25) is 0 Å². The summed E-state index contributed by atoms with van der Waals surface area (Å²) in [7, 11) is 2.96. The Balaban J connectivity index is 2.45. The number of nitrogens with two attached hydrogens (primary N) is 1. The minimum absolute atomic E-state index is 0.172. The molecule has 0 radical (unpaired) electrons. The number of ether oxygens (including phenoxy) is 4. The molecule has 1 aromatic rings. The highest BCUT2D eigenvalue weighted by Gasteiger charge is 2.33. The van der Waals surface area contributed by atoms with Crippen LogP contribution >= 0.6 is 0 Å². The molecule has 0 aliphatic heterocycles. The van der Waals surface area contributed by atoms with E-state index in [0.29, 0.717) is 22.8 Å². The summed E-state index contributed by atoms with van der Waals surface area (Å²) >= 11 is 0. The number of carbonyl (C=O) groups excluding carboxylic acids is 2. The van der Waals surface area contributed by atoms with Crippen LogP contribution in [0.25, 0.3) is 0 Å². The van der Waals surface area contributed by atoms with E-state index in [1.54, 1.807) is 50.3 Å². The fraction of sp³-hybridized carbons (Fsp3) is 0.350. The van der Waals surface area contributed by atoms with Gasteiger partial charge >= 0.3 is 18.0 Å². The number of quaternary nitrogens is 1. The predicted molar refractivity (Wildman–Crippen MR) is 105 cm³/mol. The third-order valence-corrected chi connectivity index (χ3v) is 3.78. The van der Waals surface area contributed by atoms with Gasteiger partial charge in [-0.2, -0.15) is 5.48 Å². The van der Waals surface area contributed by atoms with Crippen molar-refractivity contribution < 1.29 is 48.4 Å². The molecule has 0 heterocycles. The van der Waals surface area contributed by atoms with Gasteiger partial charge in [-0.25, -0.2) is 14.4 Å². The van der Waals surface area contributed by atoms with Crippen LogP contribution in [0.4, 0.5) is 21.0 Å². The Labute approximate surface area is 174 Å². The van der Waals surface area contributed by atoms with Crippen LogP contribution in [0.5, 0.6) is 5.75 Å². The topological polar surface area (TPSA) is 109 Å². The van der Waals surface area contributed by atoms with Crippen LogP contribution in [0.1, 0.15) is 20.3 Å². The van der Waals surface area contributed by atoms with Crippen molar-refractivity contribution in [3.8, 4) is 5.75 Å². The molecule has 0 spiro atoms. The highest BCUT2D eigenvalue weighted by Crippen LogP contribution is 2.34. The van der Waals surface area contributed by atoms with E-state index in [2.05, 4.69) is 0 Å². The summed E-state index contributed by atoms with van der Waals surface area (Å²) in [5.74, 6) is 0.568. The van der Waals surface area contributed by atoms with Gasteiger partial charge in [0.25, 0.3) is 0 Å². The molecule has 2 rings (SSSR count). The average molecular weight is 422 g/mol. The number of rotatable bonds is 8. The lowest BCUT2D eigenvalue weighted by molar-refractivity contribution is -0.835. The van der Waals surface area contributed by atoms with Gasteiger partial charge in [0.2, 0.25) is 17.1 Å². The first-order valence-corrected chi connectivity index (χ1v) is 9.29. The summed E-state index contributed by atoms with van der Waals surface area (Å²) in [6.07, 6.45) is 3.72. The van der Waals surface area contributed by atoms with Crippen molar-refractivity contribution in [3.63, 3.8) is 0 Å². The molecule has 0 aromatic heterocycles. The maximum absolute atomic E-state index is 11.9. The first kappa shape index (κ1) is 22.9. The fourth-order valence-corrected chi connectivity index (χ4v) is 2.68. The molecule has 2 N–H and O–H groups in total. The summed E-state index contributed by atoms with van der Waals surface area (Å²) in [6.45, 7) is 3.75. The molecule has 10 nitrogen and oxygen atoms in total. The van der Waals surface area contributed by atoms with Crippen molar-refractivity contribution in [1.29, 1.82) is 0 Å². The number of para-hydroxylation sites is 1. The van der Waals surface area contributed by atoms with Gasteiger partial charge in [-0.1, -0.05) is 12.1 Å². The normalized spacial score (nSPS) is 14.5. The molecular weight excluding hydrogens is 396 g/mol.